The van der Waals surface area contributed by atoms with E-state index in [0.29, 0.717) is 6.42 Å². The van der Waals surface area contributed by atoms with Gasteiger partial charge in [0, 0.05) is 0 Å². The van der Waals surface area contributed by atoms with Crippen molar-refractivity contribution in [2.45, 2.75) is 49.9 Å². The Kier molecular flexibility index (Phi) is 23.3. The molecule has 15 N–H and O–H groups in total. The number of hydrogen-bond acceptors (Lipinski definition) is 12. The summed E-state index contributed by atoms with van der Waals surface area (Å²) in [5.74, 6) is -5.96. The van der Waals surface area contributed by atoms with Gasteiger partial charge in [0.1, 0.15) is 29.9 Å². The Labute approximate surface area is 232 Å². The number of aliphatic carboxylic acids is 6. The molecule has 40 heavy (non-hydrogen) atoms. The van der Waals surface area contributed by atoms with Crippen molar-refractivity contribution in [1.82, 2.24) is 0 Å². The molecule has 0 fully saturated rings. The summed E-state index contributed by atoms with van der Waals surface area (Å²) in [4.78, 5) is 59.7. The normalized spacial score (nSPS) is 12.6. The number of carboxylic acids is 6. The summed E-state index contributed by atoms with van der Waals surface area (Å²) in [6.07, 6.45) is 1.69. The summed E-state index contributed by atoms with van der Waals surface area (Å²) < 4.78 is 0. The van der Waals surface area contributed by atoms with Gasteiger partial charge in [-0.05, 0) is 42.5 Å². The third-order valence-corrected chi connectivity index (χ3v) is 4.73. The van der Waals surface area contributed by atoms with Crippen LogP contribution in [0.3, 0.4) is 0 Å². The lowest BCUT2D eigenvalue weighted by molar-refractivity contribution is -0.144. The fourth-order valence-corrected chi connectivity index (χ4v) is 2.38. The standard InChI is InChI=1S/C9H11NO3.C5H11NO2S.2C4H7NO4/c10-8(9(12)13)5-6-1-3-7(11)4-2-6;1-9-3-2-4(6)5(7)8;2*5-2(4(8)9)1-3(6)7/h1-4,8,11H,5,10H2,(H,12,13);4H,2-3,6H2,1H3,(H,7,8);2*2H,1,5H2,(H,6,7)(H,8,9). The molecule has 0 aliphatic heterocycles. The number of nitrogens with two attached hydrogens (primary N) is 4. The highest BCUT2D eigenvalue weighted by molar-refractivity contribution is 7.98. The molecule has 0 bridgehead atoms. The van der Waals surface area contributed by atoms with Crippen LogP contribution >= 0.6 is 11.8 Å². The average molecular weight is 597 g/mol. The van der Waals surface area contributed by atoms with Crippen molar-refractivity contribution in [2.24, 2.45) is 22.9 Å². The van der Waals surface area contributed by atoms with E-state index < -0.39 is 72.8 Å². The van der Waals surface area contributed by atoms with Crippen molar-refractivity contribution in [2.75, 3.05) is 12.0 Å². The molecule has 0 aromatic heterocycles. The Morgan fingerprint density at radius 1 is 0.650 bits per heavy atom. The van der Waals surface area contributed by atoms with Gasteiger partial charge in [-0.25, -0.2) is 0 Å². The summed E-state index contributed by atoms with van der Waals surface area (Å²) in [5.41, 5.74) is 21.0. The van der Waals surface area contributed by atoms with Crippen LogP contribution in [0.1, 0.15) is 24.8 Å². The van der Waals surface area contributed by atoms with E-state index in [-0.39, 0.29) is 12.2 Å². The molecule has 0 radical (unpaired) electrons. The van der Waals surface area contributed by atoms with Gasteiger partial charge >= 0.3 is 35.8 Å². The fourth-order valence-electron chi connectivity index (χ4n) is 1.89. The molecule has 1 aromatic carbocycles. The molecule has 0 aliphatic rings. The summed E-state index contributed by atoms with van der Waals surface area (Å²) in [6, 6.07) is 2.16. The molecule has 0 spiro atoms. The summed E-state index contributed by atoms with van der Waals surface area (Å²) in [6.45, 7) is 0. The summed E-state index contributed by atoms with van der Waals surface area (Å²) >= 11 is 1.60. The lowest BCUT2D eigenvalue weighted by Gasteiger charge is -2.05. The Balaban J connectivity index is -0.000000465. The van der Waals surface area contributed by atoms with Crippen LogP contribution in [0.25, 0.3) is 0 Å². The van der Waals surface area contributed by atoms with Gasteiger partial charge in [-0.3, -0.25) is 28.8 Å². The topological polar surface area (TPSA) is 348 Å². The second-order valence-corrected chi connectivity index (χ2v) is 8.61. The van der Waals surface area contributed by atoms with Crippen LogP contribution in [-0.4, -0.2) is 108 Å². The molecule has 228 valence electrons. The Morgan fingerprint density at radius 2 is 1.00 bits per heavy atom. The molecule has 0 saturated carbocycles. The third kappa shape index (κ3) is 25.7. The molecule has 1 aromatic rings. The van der Waals surface area contributed by atoms with E-state index in [1.165, 1.54) is 12.1 Å². The van der Waals surface area contributed by atoms with Gasteiger partial charge in [0.05, 0.1) is 12.8 Å². The Morgan fingerprint density at radius 3 is 1.25 bits per heavy atom. The quantitative estimate of drug-likeness (QED) is 0.120. The number of phenolic OH excluding ortho intramolecular Hbond substituents is 1. The smallest absolute Gasteiger partial charge is 0.321 e. The van der Waals surface area contributed by atoms with E-state index in [4.69, 9.17) is 58.7 Å². The molecule has 0 aliphatic carbocycles. The molecule has 0 saturated heterocycles. The Bertz CT molecular complexity index is 915. The van der Waals surface area contributed by atoms with Crippen molar-refractivity contribution < 1.29 is 64.5 Å². The van der Waals surface area contributed by atoms with E-state index in [1.54, 1.807) is 23.9 Å². The number of rotatable bonds is 13. The fraction of sp³-hybridized carbons (Fsp3) is 0.455. The Hall–Kier alpha value is -3.97. The maximum Gasteiger partial charge on any atom is 0.321 e. The predicted octanol–water partition coefficient (Wildman–Crippen LogP) is -1.76. The van der Waals surface area contributed by atoms with Crippen LogP contribution in [0.15, 0.2) is 24.3 Å². The van der Waals surface area contributed by atoms with E-state index >= 15 is 0 Å². The zero-order valence-corrected chi connectivity index (χ0v) is 22.3. The van der Waals surface area contributed by atoms with Crippen LogP contribution in [-0.2, 0) is 35.2 Å². The van der Waals surface area contributed by atoms with Gasteiger partial charge in [-0.15, -0.1) is 0 Å². The predicted molar refractivity (Wildman–Crippen MR) is 142 cm³/mol. The zero-order chi connectivity index (χ0) is 32.0. The van der Waals surface area contributed by atoms with E-state index in [0.717, 1.165) is 11.3 Å². The van der Waals surface area contributed by atoms with Crippen LogP contribution in [0, 0.1) is 0 Å². The van der Waals surface area contributed by atoms with Crippen molar-refractivity contribution in [3.05, 3.63) is 29.8 Å². The molecule has 1 rings (SSSR count). The second kappa shape index (κ2) is 23.0. The molecule has 4 unspecified atom stereocenters. The monoisotopic (exact) mass is 596 g/mol. The minimum Gasteiger partial charge on any atom is -0.508 e. The van der Waals surface area contributed by atoms with Crippen molar-refractivity contribution in [1.29, 1.82) is 0 Å². The molecule has 18 heteroatoms. The van der Waals surface area contributed by atoms with Crippen molar-refractivity contribution >= 4 is 47.6 Å². The SMILES string of the molecule is CSCCC(N)C(=O)O.NC(CC(=O)O)C(=O)O.NC(CC(=O)O)C(=O)O.NC(Cc1ccc(O)cc1)C(=O)O. The largest absolute Gasteiger partial charge is 0.508 e. The maximum atomic E-state index is 10.4. The number of carbonyl (C=O) groups is 6. The van der Waals surface area contributed by atoms with E-state index in [9.17, 15) is 28.8 Å². The molecule has 4 atom stereocenters. The number of hydrogen-bond donors (Lipinski definition) is 11. The number of thioether (sulfide) groups is 1. The van der Waals surface area contributed by atoms with Crippen LogP contribution in [0.2, 0.25) is 0 Å². The second-order valence-electron chi connectivity index (χ2n) is 7.63. The molecule has 17 nitrogen and oxygen atoms in total. The van der Waals surface area contributed by atoms with Gasteiger partial charge in [0.2, 0.25) is 0 Å². The highest BCUT2D eigenvalue weighted by Gasteiger charge is 2.15. The lowest BCUT2D eigenvalue weighted by atomic mass is 10.1. The molecule has 0 heterocycles. The number of aromatic hydroxyl groups is 1. The first kappa shape index (κ1) is 40.5. The van der Waals surface area contributed by atoms with Gasteiger partial charge in [-0.2, -0.15) is 11.8 Å². The maximum absolute atomic E-state index is 10.4. The van der Waals surface area contributed by atoms with Gasteiger partial charge in [0.25, 0.3) is 0 Å². The van der Waals surface area contributed by atoms with E-state index in [2.05, 4.69) is 0 Å². The summed E-state index contributed by atoms with van der Waals surface area (Å²) in [5, 5.41) is 57.8. The summed E-state index contributed by atoms with van der Waals surface area (Å²) in [7, 11) is 0. The highest BCUT2D eigenvalue weighted by atomic mass is 32.2. The first-order valence-electron chi connectivity index (χ1n) is 11.0. The van der Waals surface area contributed by atoms with E-state index in [1.807, 2.05) is 6.26 Å². The van der Waals surface area contributed by atoms with Gasteiger partial charge in [0.15, 0.2) is 0 Å². The van der Waals surface area contributed by atoms with Crippen LogP contribution < -0.4 is 22.9 Å². The van der Waals surface area contributed by atoms with Gasteiger partial charge in [-0.1, -0.05) is 12.1 Å². The molecular formula is C22H36N4O13S. The minimum absolute atomic E-state index is 0.160. The molecule has 0 amide bonds. The minimum atomic E-state index is -1.29. The zero-order valence-electron chi connectivity index (χ0n) is 21.5. The van der Waals surface area contributed by atoms with Crippen LogP contribution in [0.4, 0.5) is 0 Å². The van der Waals surface area contributed by atoms with Gasteiger partial charge < -0.3 is 58.7 Å². The lowest BCUT2D eigenvalue weighted by Crippen LogP contribution is -2.32. The highest BCUT2D eigenvalue weighted by Crippen LogP contribution is 2.10. The average Bonchev–Trinajstić information content (AvgIpc) is 2.84. The number of carboxylic acid groups (broad SMARTS) is 6. The number of benzene rings is 1. The van der Waals surface area contributed by atoms with Crippen LogP contribution in [0.5, 0.6) is 5.75 Å². The first-order valence-corrected chi connectivity index (χ1v) is 12.4. The first-order chi connectivity index (χ1) is 18.3. The third-order valence-electron chi connectivity index (χ3n) is 4.08. The van der Waals surface area contributed by atoms with Crippen molar-refractivity contribution in [3.63, 3.8) is 0 Å². The number of phenols is 1. The van der Waals surface area contributed by atoms with Crippen molar-refractivity contribution in [3.8, 4) is 5.75 Å². The molecular weight excluding hydrogens is 560 g/mol.